The van der Waals surface area contributed by atoms with Crippen molar-refractivity contribution in [3.05, 3.63) is 0 Å². The van der Waals surface area contributed by atoms with Crippen molar-refractivity contribution >= 4 is 5.91 Å². The third-order valence-electron chi connectivity index (χ3n) is 3.94. The molecule has 0 aliphatic carbocycles. The number of nitrogens with zero attached hydrogens (tertiary/aromatic N) is 1. The van der Waals surface area contributed by atoms with Crippen LogP contribution in [0.25, 0.3) is 0 Å². The number of carbonyl (C=O) groups is 1. The van der Waals surface area contributed by atoms with Gasteiger partial charge in [0.2, 0.25) is 5.91 Å². The Bertz CT molecular complexity index is 299. The van der Waals surface area contributed by atoms with Gasteiger partial charge in [-0.1, -0.05) is 41.0 Å². The lowest BCUT2D eigenvalue weighted by Crippen LogP contribution is -2.49. The summed E-state index contributed by atoms with van der Waals surface area (Å²) in [7, 11) is 1.71. The van der Waals surface area contributed by atoms with Crippen molar-refractivity contribution < 1.29 is 9.53 Å². The summed E-state index contributed by atoms with van der Waals surface area (Å²) in [5.74, 6) is 1.19. The molecule has 1 aliphatic rings. The third kappa shape index (κ3) is 4.19. The van der Waals surface area contributed by atoms with E-state index >= 15 is 0 Å². The molecule has 0 saturated carbocycles. The molecule has 1 N–H and O–H groups in total. The fraction of sp³-hybridized carbons (Fsp3) is 0.938. The quantitative estimate of drug-likeness (QED) is 0.745. The van der Waals surface area contributed by atoms with Crippen LogP contribution < -0.4 is 5.32 Å². The van der Waals surface area contributed by atoms with Crippen molar-refractivity contribution in [2.75, 3.05) is 13.7 Å². The lowest BCUT2D eigenvalue weighted by molar-refractivity contribution is -0.134. The summed E-state index contributed by atoms with van der Waals surface area (Å²) >= 11 is 0. The number of hydrogen-bond donors (Lipinski definition) is 1. The highest BCUT2D eigenvalue weighted by atomic mass is 16.5. The Balaban J connectivity index is 2.89. The molecular formula is C16H32N2O2. The zero-order valence-electron chi connectivity index (χ0n) is 14.0. The standard InChI is InChI=1S/C16H32N2O2/c1-7-8-13(10-20-6)18-15(12(4)5)17-14(16(18)19)9-11(2)3/h11-15,17H,7-10H2,1-6H3. The van der Waals surface area contributed by atoms with E-state index in [9.17, 15) is 4.79 Å². The summed E-state index contributed by atoms with van der Waals surface area (Å²) in [4.78, 5) is 14.8. The lowest BCUT2D eigenvalue weighted by Gasteiger charge is -2.34. The number of amides is 1. The van der Waals surface area contributed by atoms with Gasteiger partial charge in [-0.05, 0) is 24.7 Å². The van der Waals surface area contributed by atoms with Crippen LogP contribution in [0.2, 0.25) is 0 Å². The van der Waals surface area contributed by atoms with E-state index in [1.54, 1.807) is 7.11 Å². The second-order valence-corrected chi connectivity index (χ2v) is 6.68. The number of hydrogen-bond acceptors (Lipinski definition) is 3. The predicted octanol–water partition coefficient (Wildman–Crippen LogP) is 2.63. The molecule has 4 nitrogen and oxygen atoms in total. The van der Waals surface area contributed by atoms with Crippen molar-refractivity contribution in [3.8, 4) is 0 Å². The van der Waals surface area contributed by atoms with Gasteiger partial charge in [0.25, 0.3) is 0 Å². The number of ether oxygens (including phenoxy) is 1. The van der Waals surface area contributed by atoms with Crippen LogP contribution in [-0.4, -0.2) is 42.8 Å². The van der Waals surface area contributed by atoms with Gasteiger partial charge >= 0.3 is 0 Å². The van der Waals surface area contributed by atoms with Gasteiger partial charge in [0.15, 0.2) is 0 Å². The predicted molar refractivity (Wildman–Crippen MR) is 82.4 cm³/mol. The fourth-order valence-corrected chi connectivity index (χ4v) is 3.06. The normalized spacial score (nSPS) is 25.0. The molecule has 20 heavy (non-hydrogen) atoms. The highest BCUT2D eigenvalue weighted by Gasteiger charge is 2.43. The zero-order valence-corrected chi connectivity index (χ0v) is 14.0. The molecule has 118 valence electrons. The molecule has 1 fully saturated rings. The molecule has 0 radical (unpaired) electrons. The van der Waals surface area contributed by atoms with Gasteiger partial charge in [-0.25, -0.2) is 0 Å². The molecule has 1 rings (SSSR count). The molecule has 4 heteroatoms. The third-order valence-corrected chi connectivity index (χ3v) is 3.94. The summed E-state index contributed by atoms with van der Waals surface area (Å²) < 4.78 is 5.34. The van der Waals surface area contributed by atoms with E-state index in [1.807, 2.05) is 0 Å². The molecule has 3 atom stereocenters. The molecule has 0 aromatic heterocycles. The van der Waals surface area contributed by atoms with E-state index in [2.05, 4.69) is 44.8 Å². The van der Waals surface area contributed by atoms with Crippen molar-refractivity contribution in [2.45, 2.75) is 72.1 Å². The molecule has 1 heterocycles. The van der Waals surface area contributed by atoms with Crippen molar-refractivity contribution in [1.29, 1.82) is 0 Å². The van der Waals surface area contributed by atoms with Crippen LogP contribution in [0.15, 0.2) is 0 Å². The monoisotopic (exact) mass is 284 g/mol. The average molecular weight is 284 g/mol. The van der Waals surface area contributed by atoms with Crippen LogP contribution in [-0.2, 0) is 9.53 Å². The highest BCUT2D eigenvalue weighted by molar-refractivity contribution is 5.84. The molecule has 0 aromatic carbocycles. The molecule has 1 saturated heterocycles. The molecule has 1 amide bonds. The van der Waals surface area contributed by atoms with Crippen LogP contribution in [0.1, 0.15) is 53.9 Å². The first-order valence-electron chi connectivity index (χ1n) is 7.99. The summed E-state index contributed by atoms with van der Waals surface area (Å²) in [5, 5.41) is 3.54. The first-order valence-corrected chi connectivity index (χ1v) is 7.99. The summed E-state index contributed by atoms with van der Waals surface area (Å²) in [5.41, 5.74) is 0. The van der Waals surface area contributed by atoms with Crippen LogP contribution in [0.4, 0.5) is 0 Å². The fourth-order valence-electron chi connectivity index (χ4n) is 3.06. The molecule has 3 unspecified atom stereocenters. The number of nitrogens with one attached hydrogen (secondary N) is 1. The number of rotatable bonds is 8. The van der Waals surface area contributed by atoms with E-state index < -0.39 is 0 Å². The summed E-state index contributed by atoms with van der Waals surface area (Å²) in [6.45, 7) is 11.5. The van der Waals surface area contributed by atoms with E-state index in [0.29, 0.717) is 18.4 Å². The van der Waals surface area contributed by atoms with Gasteiger partial charge in [0, 0.05) is 7.11 Å². The first kappa shape index (κ1) is 17.4. The van der Waals surface area contributed by atoms with Gasteiger partial charge in [0.1, 0.15) is 0 Å². The number of carbonyl (C=O) groups excluding carboxylic acids is 1. The molecule has 0 bridgehead atoms. The molecular weight excluding hydrogens is 252 g/mol. The van der Waals surface area contributed by atoms with Crippen LogP contribution in [0.5, 0.6) is 0 Å². The SMILES string of the molecule is CCCC(COC)N1C(=O)C(CC(C)C)NC1C(C)C. The van der Waals surface area contributed by atoms with E-state index in [0.717, 1.165) is 19.3 Å². The number of methoxy groups -OCH3 is 1. The Kier molecular flexibility index (Phi) is 6.96. The van der Waals surface area contributed by atoms with Gasteiger partial charge in [0.05, 0.1) is 24.9 Å². The Labute approximate surface area is 124 Å². The van der Waals surface area contributed by atoms with Crippen LogP contribution >= 0.6 is 0 Å². The summed E-state index contributed by atoms with van der Waals surface area (Å²) in [6.07, 6.45) is 3.11. The minimum Gasteiger partial charge on any atom is -0.383 e. The average Bonchev–Trinajstić information content (AvgIpc) is 2.66. The van der Waals surface area contributed by atoms with Crippen molar-refractivity contribution in [2.24, 2.45) is 11.8 Å². The Morgan fingerprint density at radius 1 is 1.30 bits per heavy atom. The lowest BCUT2D eigenvalue weighted by atomic mass is 10.0. The molecule has 0 aromatic rings. The Morgan fingerprint density at radius 3 is 2.40 bits per heavy atom. The maximum absolute atomic E-state index is 12.8. The van der Waals surface area contributed by atoms with Gasteiger partial charge in [-0.15, -0.1) is 0 Å². The van der Waals surface area contributed by atoms with Gasteiger partial charge in [-0.2, -0.15) is 0 Å². The van der Waals surface area contributed by atoms with E-state index in [-0.39, 0.29) is 24.2 Å². The van der Waals surface area contributed by atoms with E-state index in [1.165, 1.54) is 0 Å². The minimum absolute atomic E-state index is 0.0291. The largest absolute Gasteiger partial charge is 0.383 e. The maximum atomic E-state index is 12.8. The molecule has 0 spiro atoms. The Morgan fingerprint density at radius 2 is 1.95 bits per heavy atom. The van der Waals surface area contributed by atoms with Crippen LogP contribution in [0.3, 0.4) is 0 Å². The van der Waals surface area contributed by atoms with Crippen LogP contribution in [0, 0.1) is 11.8 Å². The topological polar surface area (TPSA) is 41.6 Å². The Hall–Kier alpha value is -0.610. The second-order valence-electron chi connectivity index (χ2n) is 6.68. The summed E-state index contributed by atoms with van der Waals surface area (Å²) in [6, 6.07) is 0.160. The van der Waals surface area contributed by atoms with E-state index in [4.69, 9.17) is 4.74 Å². The highest BCUT2D eigenvalue weighted by Crippen LogP contribution is 2.25. The second kappa shape index (κ2) is 7.99. The van der Waals surface area contributed by atoms with Crippen molar-refractivity contribution in [3.63, 3.8) is 0 Å². The molecule has 1 aliphatic heterocycles. The van der Waals surface area contributed by atoms with Gasteiger partial charge in [-0.3, -0.25) is 10.1 Å². The van der Waals surface area contributed by atoms with Gasteiger partial charge < -0.3 is 9.64 Å². The first-order chi connectivity index (χ1) is 9.42. The minimum atomic E-state index is -0.0291. The maximum Gasteiger partial charge on any atom is 0.241 e. The smallest absolute Gasteiger partial charge is 0.241 e. The zero-order chi connectivity index (χ0) is 15.3. The van der Waals surface area contributed by atoms with Crippen molar-refractivity contribution in [1.82, 2.24) is 10.2 Å².